The average molecular weight is 506 g/mol. The van der Waals surface area contributed by atoms with Gasteiger partial charge in [0.2, 0.25) is 17.5 Å². The second-order valence-corrected chi connectivity index (χ2v) is 8.50. The van der Waals surface area contributed by atoms with Gasteiger partial charge < -0.3 is 5.32 Å². The van der Waals surface area contributed by atoms with Gasteiger partial charge in [0.05, 0.1) is 22.0 Å². The molecule has 0 saturated heterocycles. The predicted molar refractivity (Wildman–Crippen MR) is 145 cm³/mol. The summed E-state index contributed by atoms with van der Waals surface area (Å²) in [4.78, 5) is 37.5. The average Bonchev–Trinajstić information content (AvgIpc) is 2.93. The Hall–Kier alpha value is -5.38. The molecule has 0 aliphatic heterocycles. The number of fused-ring (bicyclic) bond motifs is 1. The van der Waals surface area contributed by atoms with Gasteiger partial charge in [0, 0.05) is 11.1 Å². The predicted octanol–water partition coefficient (Wildman–Crippen LogP) is 5.26. The van der Waals surface area contributed by atoms with E-state index in [9.17, 15) is 14.9 Å². The quantitative estimate of drug-likeness (QED) is 0.192. The van der Waals surface area contributed by atoms with Crippen LogP contribution in [0.1, 0.15) is 22.7 Å². The van der Waals surface area contributed by atoms with Gasteiger partial charge in [-0.2, -0.15) is 0 Å². The van der Waals surface area contributed by atoms with Gasteiger partial charge in [-0.15, -0.1) is 0 Å². The highest BCUT2D eigenvalue weighted by Crippen LogP contribution is 2.33. The van der Waals surface area contributed by atoms with Crippen LogP contribution < -0.4 is 16.2 Å². The Morgan fingerprint density at radius 1 is 0.842 bits per heavy atom. The molecule has 0 bridgehead atoms. The number of nitrogens with zero attached hydrogens (tertiary/aromatic N) is 4. The Balaban J connectivity index is 1.44. The number of hydrogen-bond acceptors (Lipinski definition) is 8. The lowest BCUT2D eigenvalue weighted by Crippen LogP contribution is -2.35. The van der Waals surface area contributed by atoms with E-state index in [4.69, 9.17) is 0 Å². The van der Waals surface area contributed by atoms with Gasteiger partial charge in [-0.1, -0.05) is 78.9 Å². The van der Waals surface area contributed by atoms with Crippen molar-refractivity contribution < 1.29 is 9.72 Å². The van der Waals surface area contributed by atoms with Crippen molar-refractivity contribution in [2.75, 3.05) is 10.7 Å². The molecule has 0 atom stereocenters. The first-order chi connectivity index (χ1) is 18.5. The number of anilines is 3. The van der Waals surface area contributed by atoms with Crippen LogP contribution in [-0.2, 0) is 4.79 Å². The van der Waals surface area contributed by atoms with Gasteiger partial charge in [-0.05, 0) is 30.2 Å². The maximum atomic E-state index is 13.3. The Labute approximate surface area is 217 Å². The number of benzene rings is 3. The Kier molecular flexibility index (Phi) is 6.85. The summed E-state index contributed by atoms with van der Waals surface area (Å²) in [5.41, 5.74) is 8.37. The number of aryl methyl sites for hydroxylation is 1. The summed E-state index contributed by atoms with van der Waals surface area (Å²) in [6.07, 6.45) is 1.18. The topological polar surface area (TPSA) is 135 Å². The van der Waals surface area contributed by atoms with Gasteiger partial charge in [0.15, 0.2) is 0 Å². The van der Waals surface area contributed by atoms with Crippen LogP contribution in [0.5, 0.6) is 0 Å². The molecule has 0 radical (unpaired) electrons. The maximum Gasteiger partial charge on any atom is 0.355 e. The molecular weight excluding hydrogens is 482 g/mol. The van der Waals surface area contributed by atoms with Gasteiger partial charge >= 0.3 is 5.69 Å². The van der Waals surface area contributed by atoms with E-state index in [1.807, 2.05) is 91.9 Å². The number of rotatable bonds is 8. The third kappa shape index (κ3) is 5.09. The summed E-state index contributed by atoms with van der Waals surface area (Å²) >= 11 is 0. The largest absolute Gasteiger partial charge is 0.355 e. The zero-order valence-corrected chi connectivity index (χ0v) is 20.3. The Morgan fingerprint density at radius 2 is 1.50 bits per heavy atom. The highest BCUT2D eigenvalue weighted by Gasteiger charge is 2.27. The number of hydrogen-bond donors (Lipinski definition) is 3. The van der Waals surface area contributed by atoms with Crippen LogP contribution >= 0.6 is 0 Å². The number of aromatic nitrogens is 3. The SMILES string of the molecule is Cc1ccc2cccc(Nc3ncnc(NNC(=O)C(c4ccccc4)c4ccccc4)c3[N+](=O)[O-])c2n1. The first-order valence-corrected chi connectivity index (χ1v) is 11.8. The van der Waals surface area contributed by atoms with Gasteiger partial charge in [-0.25, -0.2) is 9.97 Å². The fraction of sp³-hybridized carbons (Fsp3) is 0.0714. The Bertz CT molecular complexity index is 1570. The number of carbonyl (C=O) groups excluding carboxylic acids is 1. The molecule has 188 valence electrons. The molecular formula is C28H23N7O3. The minimum Gasteiger partial charge on any atom is -0.332 e. The summed E-state index contributed by atoms with van der Waals surface area (Å²) in [7, 11) is 0. The van der Waals surface area contributed by atoms with Crippen LogP contribution in [-0.4, -0.2) is 25.8 Å². The molecule has 10 nitrogen and oxygen atoms in total. The van der Waals surface area contributed by atoms with Crippen molar-refractivity contribution in [3.63, 3.8) is 0 Å². The van der Waals surface area contributed by atoms with E-state index < -0.39 is 22.4 Å². The fourth-order valence-corrected chi connectivity index (χ4v) is 4.19. The number of pyridine rings is 1. The molecule has 10 heteroatoms. The molecule has 0 saturated carbocycles. The van der Waals surface area contributed by atoms with E-state index >= 15 is 0 Å². The highest BCUT2D eigenvalue weighted by molar-refractivity contribution is 5.93. The third-order valence-electron chi connectivity index (χ3n) is 5.95. The fourth-order valence-electron chi connectivity index (χ4n) is 4.19. The van der Waals surface area contributed by atoms with Crippen LogP contribution in [0.25, 0.3) is 10.9 Å². The van der Waals surface area contributed by atoms with E-state index in [1.54, 1.807) is 6.07 Å². The zero-order chi connectivity index (χ0) is 26.5. The van der Waals surface area contributed by atoms with Crippen molar-refractivity contribution in [3.8, 4) is 0 Å². The second-order valence-electron chi connectivity index (χ2n) is 8.50. The number of hydrazine groups is 1. The summed E-state index contributed by atoms with van der Waals surface area (Å²) in [6.45, 7) is 1.87. The van der Waals surface area contributed by atoms with Crippen LogP contribution in [0.3, 0.4) is 0 Å². The normalized spacial score (nSPS) is 10.8. The van der Waals surface area contributed by atoms with Crippen molar-refractivity contribution in [3.05, 3.63) is 124 Å². The second kappa shape index (κ2) is 10.7. The number of amides is 1. The van der Waals surface area contributed by atoms with Crippen molar-refractivity contribution in [2.45, 2.75) is 12.8 Å². The van der Waals surface area contributed by atoms with Crippen LogP contribution in [0.2, 0.25) is 0 Å². The lowest BCUT2D eigenvalue weighted by atomic mass is 9.91. The molecule has 0 unspecified atom stereocenters. The van der Waals surface area contributed by atoms with E-state index in [0.29, 0.717) is 11.2 Å². The molecule has 0 aliphatic rings. The van der Waals surface area contributed by atoms with Gasteiger partial charge in [0.25, 0.3) is 0 Å². The number of carbonyl (C=O) groups is 1. The molecule has 0 fully saturated rings. The third-order valence-corrected chi connectivity index (χ3v) is 5.95. The summed E-state index contributed by atoms with van der Waals surface area (Å²) < 4.78 is 0. The monoisotopic (exact) mass is 505 g/mol. The lowest BCUT2D eigenvalue weighted by molar-refractivity contribution is -0.383. The van der Waals surface area contributed by atoms with Crippen molar-refractivity contribution in [1.82, 2.24) is 20.4 Å². The maximum absolute atomic E-state index is 13.3. The molecule has 3 N–H and O–H groups in total. The minimum absolute atomic E-state index is 0.0415. The minimum atomic E-state index is -0.645. The summed E-state index contributed by atoms with van der Waals surface area (Å²) in [5, 5.41) is 16.0. The highest BCUT2D eigenvalue weighted by atomic mass is 16.6. The van der Waals surface area contributed by atoms with E-state index in [-0.39, 0.29) is 11.6 Å². The van der Waals surface area contributed by atoms with E-state index in [1.165, 1.54) is 6.33 Å². The van der Waals surface area contributed by atoms with Crippen LogP contribution in [0, 0.1) is 17.0 Å². The zero-order valence-electron chi connectivity index (χ0n) is 20.3. The van der Waals surface area contributed by atoms with Crippen molar-refractivity contribution >= 4 is 39.8 Å². The van der Waals surface area contributed by atoms with Gasteiger partial charge in [0.1, 0.15) is 6.33 Å². The molecule has 0 spiro atoms. The lowest BCUT2D eigenvalue weighted by Gasteiger charge is -2.18. The summed E-state index contributed by atoms with van der Waals surface area (Å²) in [5.74, 6) is -1.25. The standard InChI is InChI=1S/C28H23N7O3/c1-18-15-16-21-13-8-14-22(24(21)31-18)32-26-25(35(37)38)27(30-17-29-26)33-34-28(36)23(19-9-4-2-5-10-19)20-11-6-3-7-12-20/h2-17,23H,1H3,(H,34,36)(H2,29,30,32,33). The molecule has 5 aromatic rings. The number of nitrogens with one attached hydrogen (secondary N) is 3. The molecule has 0 aliphatic carbocycles. The van der Waals surface area contributed by atoms with Gasteiger partial charge in [-0.3, -0.25) is 30.7 Å². The first kappa shape index (κ1) is 24.3. The molecule has 1 amide bonds. The van der Waals surface area contributed by atoms with Crippen LogP contribution in [0.15, 0.2) is 97.3 Å². The smallest absolute Gasteiger partial charge is 0.332 e. The van der Waals surface area contributed by atoms with E-state index in [0.717, 1.165) is 22.2 Å². The molecule has 2 heterocycles. The molecule has 5 rings (SSSR count). The molecule has 38 heavy (non-hydrogen) atoms. The van der Waals surface area contributed by atoms with Crippen LogP contribution in [0.4, 0.5) is 23.0 Å². The number of para-hydroxylation sites is 1. The molecule has 3 aromatic carbocycles. The van der Waals surface area contributed by atoms with E-state index in [2.05, 4.69) is 31.1 Å². The Morgan fingerprint density at radius 3 is 2.16 bits per heavy atom. The van der Waals surface area contributed by atoms with Crippen molar-refractivity contribution in [2.24, 2.45) is 0 Å². The summed E-state index contributed by atoms with van der Waals surface area (Å²) in [6, 6.07) is 27.9. The number of nitro groups is 1. The van der Waals surface area contributed by atoms with Crippen molar-refractivity contribution in [1.29, 1.82) is 0 Å². The first-order valence-electron chi connectivity index (χ1n) is 11.8. The molecule has 2 aromatic heterocycles.